The maximum absolute atomic E-state index is 13.2. The minimum absolute atomic E-state index is 0.0370. The predicted octanol–water partition coefficient (Wildman–Crippen LogP) is 15.8. The number of rotatable bonds is 46. The fourth-order valence-electron chi connectivity index (χ4n) is 7.69. The van der Waals surface area contributed by atoms with Crippen LogP contribution in [0.4, 0.5) is 0 Å². The van der Waals surface area contributed by atoms with E-state index in [4.69, 9.17) is 4.74 Å². The molecular formula is C56H99NO5. The van der Waals surface area contributed by atoms with Crippen molar-refractivity contribution in [1.29, 1.82) is 0 Å². The SMILES string of the molecule is CC/C=C/C=C/C=C\C=C/C=C/CCCCCC(=O)OC(CCC/C=C\CCCCCCCC)CC(=O)NC(CO)C(O)CCCCCCCCCCCCCCCCCCC. The molecule has 0 aromatic rings. The van der Waals surface area contributed by atoms with Gasteiger partial charge in [-0.3, -0.25) is 9.59 Å². The molecule has 0 bridgehead atoms. The van der Waals surface area contributed by atoms with E-state index in [0.717, 1.165) is 70.6 Å². The molecular weight excluding hydrogens is 767 g/mol. The number of esters is 1. The van der Waals surface area contributed by atoms with Gasteiger partial charge in [-0.15, -0.1) is 0 Å². The number of allylic oxidation sites excluding steroid dienone is 12. The molecule has 0 saturated carbocycles. The summed E-state index contributed by atoms with van der Waals surface area (Å²) < 4.78 is 5.89. The van der Waals surface area contributed by atoms with Crippen molar-refractivity contribution < 1.29 is 24.5 Å². The van der Waals surface area contributed by atoms with E-state index >= 15 is 0 Å². The lowest BCUT2D eigenvalue weighted by Crippen LogP contribution is -2.46. The van der Waals surface area contributed by atoms with E-state index < -0.39 is 18.2 Å². The Morgan fingerprint density at radius 1 is 0.484 bits per heavy atom. The van der Waals surface area contributed by atoms with Gasteiger partial charge < -0.3 is 20.3 Å². The molecule has 0 aliphatic rings. The van der Waals surface area contributed by atoms with Gasteiger partial charge in [0.1, 0.15) is 6.10 Å². The molecule has 0 saturated heterocycles. The van der Waals surface area contributed by atoms with Crippen molar-refractivity contribution in [3.8, 4) is 0 Å². The minimum Gasteiger partial charge on any atom is -0.462 e. The average molecular weight is 866 g/mol. The number of carbonyl (C=O) groups is 2. The zero-order valence-corrected chi connectivity index (χ0v) is 40.7. The zero-order chi connectivity index (χ0) is 45.2. The van der Waals surface area contributed by atoms with E-state index in [2.05, 4.69) is 56.5 Å². The summed E-state index contributed by atoms with van der Waals surface area (Å²) in [7, 11) is 0. The Hall–Kier alpha value is -2.70. The summed E-state index contributed by atoms with van der Waals surface area (Å²) in [5.41, 5.74) is 0. The molecule has 0 aliphatic heterocycles. The lowest BCUT2D eigenvalue weighted by molar-refractivity contribution is -0.151. The summed E-state index contributed by atoms with van der Waals surface area (Å²) in [5, 5.41) is 23.8. The summed E-state index contributed by atoms with van der Waals surface area (Å²) in [6.45, 7) is 6.32. The van der Waals surface area contributed by atoms with Gasteiger partial charge in [0, 0.05) is 6.42 Å². The van der Waals surface area contributed by atoms with Crippen LogP contribution >= 0.6 is 0 Å². The van der Waals surface area contributed by atoms with Crippen LogP contribution in [0.5, 0.6) is 0 Å². The monoisotopic (exact) mass is 866 g/mol. The average Bonchev–Trinajstić information content (AvgIpc) is 3.26. The molecule has 0 aromatic carbocycles. The second-order valence-corrected chi connectivity index (χ2v) is 17.7. The lowest BCUT2D eigenvalue weighted by atomic mass is 10.0. The molecule has 0 spiro atoms. The number of aliphatic hydroxyl groups excluding tert-OH is 2. The highest BCUT2D eigenvalue weighted by molar-refractivity contribution is 5.77. The third-order valence-electron chi connectivity index (χ3n) is 11.6. The highest BCUT2D eigenvalue weighted by Gasteiger charge is 2.24. The molecule has 62 heavy (non-hydrogen) atoms. The van der Waals surface area contributed by atoms with Crippen LogP contribution in [-0.2, 0) is 14.3 Å². The Labute approximate surface area is 383 Å². The molecule has 358 valence electrons. The molecule has 6 heteroatoms. The van der Waals surface area contributed by atoms with E-state index in [1.807, 2.05) is 42.5 Å². The summed E-state index contributed by atoms with van der Waals surface area (Å²) in [6.07, 6.45) is 62.5. The molecule has 3 atom stereocenters. The van der Waals surface area contributed by atoms with Gasteiger partial charge in [-0.05, 0) is 64.2 Å². The summed E-state index contributed by atoms with van der Waals surface area (Å²) in [4.78, 5) is 26.1. The number of nitrogens with one attached hydrogen (secondary N) is 1. The third-order valence-corrected chi connectivity index (χ3v) is 11.6. The number of hydrogen-bond acceptors (Lipinski definition) is 5. The normalized spacial score (nSPS) is 13.8. The van der Waals surface area contributed by atoms with Crippen LogP contribution in [0.2, 0.25) is 0 Å². The lowest BCUT2D eigenvalue weighted by Gasteiger charge is -2.24. The van der Waals surface area contributed by atoms with E-state index in [1.54, 1.807) is 0 Å². The number of ether oxygens (including phenoxy) is 1. The van der Waals surface area contributed by atoms with Crippen LogP contribution < -0.4 is 5.32 Å². The second kappa shape index (κ2) is 49.3. The first-order chi connectivity index (χ1) is 30.5. The molecule has 3 unspecified atom stereocenters. The molecule has 0 aromatic heterocycles. The number of amides is 1. The Morgan fingerprint density at radius 3 is 1.40 bits per heavy atom. The summed E-state index contributed by atoms with van der Waals surface area (Å²) >= 11 is 0. The van der Waals surface area contributed by atoms with Gasteiger partial charge in [0.2, 0.25) is 5.91 Å². The van der Waals surface area contributed by atoms with Crippen molar-refractivity contribution in [1.82, 2.24) is 5.32 Å². The van der Waals surface area contributed by atoms with Crippen molar-refractivity contribution >= 4 is 11.9 Å². The molecule has 0 aliphatic carbocycles. The fraction of sp³-hybridized carbons (Fsp3) is 0.750. The van der Waals surface area contributed by atoms with Crippen LogP contribution in [0, 0.1) is 0 Å². The van der Waals surface area contributed by atoms with E-state index in [9.17, 15) is 19.8 Å². The maximum atomic E-state index is 13.2. The third kappa shape index (κ3) is 43.9. The van der Waals surface area contributed by atoms with Gasteiger partial charge in [0.15, 0.2) is 0 Å². The minimum atomic E-state index is -0.804. The van der Waals surface area contributed by atoms with Gasteiger partial charge in [-0.2, -0.15) is 0 Å². The number of carbonyl (C=O) groups excluding carboxylic acids is 2. The summed E-state index contributed by atoms with van der Waals surface area (Å²) in [5.74, 6) is -0.553. The van der Waals surface area contributed by atoms with E-state index in [1.165, 1.54) is 128 Å². The molecule has 0 radical (unpaired) electrons. The van der Waals surface area contributed by atoms with Crippen LogP contribution in [-0.4, -0.2) is 46.9 Å². The predicted molar refractivity (Wildman–Crippen MR) is 268 cm³/mol. The molecule has 1 amide bonds. The van der Waals surface area contributed by atoms with Crippen LogP contribution in [0.25, 0.3) is 0 Å². The molecule has 0 fully saturated rings. The quantitative estimate of drug-likeness (QED) is 0.0245. The first kappa shape index (κ1) is 59.3. The maximum Gasteiger partial charge on any atom is 0.306 e. The van der Waals surface area contributed by atoms with Crippen molar-refractivity contribution in [3.63, 3.8) is 0 Å². The standard InChI is InChI=1S/C56H99NO5/c1-4-7-10-13-16-19-22-24-26-27-29-30-33-36-39-42-45-48-54(59)53(51-58)57-55(60)50-52(47-44-41-38-35-32-21-18-15-12-9-6-3)62-56(61)49-46-43-40-37-34-31-28-25-23-20-17-14-11-8-5-2/h8,11,14,17,20,23,25,28,31,34-35,38,52-54,58-59H,4-7,9-10,12-13,15-16,18-19,21-22,24,26-27,29-30,32-33,36-37,39-51H2,1-3H3,(H,57,60)/b11-8+,17-14+,23-20-,28-25-,34-31+,38-35-. The first-order valence-electron chi connectivity index (χ1n) is 26.2. The first-order valence-corrected chi connectivity index (χ1v) is 26.2. The highest BCUT2D eigenvalue weighted by atomic mass is 16.5. The van der Waals surface area contributed by atoms with Crippen LogP contribution in [0.15, 0.2) is 72.9 Å². The topological polar surface area (TPSA) is 95.9 Å². The van der Waals surface area contributed by atoms with Crippen molar-refractivity contribution in [2.24, 2.45) is 0 Å². The Balaban J connectivity index is 4.58. The van der Waals surface area contributed by atoms with Crippen molar-refractivity contribution in [2.45, 2.75) is 264 Å². The van der Waals surface area contributed by atoms with Crippen LogP contribution in [0.3, 0.4) is 0 Å². The van der Waals surface area contributed by atoms with Crippen molar-refractivity contribution in [3.05, 3.63) is 72.9 Å². The zero-order valence-electron chi connectivity index (χ0n) is 40.7. The van der Waals surface area contributed by atoms with Gasteiger partial charge in [-0.1, -0.05) is 241 Å². The number of unbranched alkanes of at least 4 members (excludes halogenated alkanes) is 26. The largest absolute Gasteiger partial charge is 0.462 e. The Bertz CT molecular complexity index is 1150. The Morgan fingerprint density at radius 2 is 0.903 bits per heavy atom. The molecule has 6 nitrogen and oxygen atoms in total. The van der Waals surface area contributed by atoms with Gasteiger partial charge in [0.25, 0.3) is 0 Å². The number of hydrogen-bond donors (Lipinski definition) is 3. The highest BCUT2D eigenvalue weighted by Crippen LogP contribution is 2.17. The molecule has 0 heterocycles. The Kier molecular flexibility index (Phi) is 47.2. The number of aliphatic hydroxyl groups is 2. The van der Waals surface area contributed by atoms with Gasteiger partial charge in [0.05, 0.1) is 25.2 Å². The van der Waals surface area contributed by atoms with Gasteiger partial charge in [-0.25, -0.2) is 0 Å². The molecule has 0 rings (SSSR count). The molecule has 3 N–H and O–H groups in total. The van der Waals surface area contributed by atoms with Crippen LogP contribution in [0.1, 0.15) is 245 Å². The van der Waals surface area contributed by atoms with E-state index in [0.29, 0.717) is 19.3 Å². The van der Waals surface area contributed by atoms with Gasteiger partial charge >= 0.3 is 5.97 Å². The smallest absolute Gasteiger partial charge is 0.306 e. The van der Waals surface area contributed by atoms with E-state index in [-0.39, 0.29) is 24.9 Å². The summed E-state index contributed by atoms with van der Waals surface area (Å²) in [6, 6.07) is -0.721. The second-order valence-electron chi connectivity index (χ2n) is 17.7. The van der Waals surface area contributed by atoms with Crippen molar-refractivity contribution in [2.75, 3.05) is 6.61 Å². The fourth-order valence-corrected chi connectivity index (χ4v) is 7.69.